The van der Waals surface area contributed by atoms with Crippen LogP contribution in [0.25, 0.3) is 0 Å². The molecular formula is C14H11BrF2N2O. The largest absolute Gasteiger partial charge is 0.493 e. The van der Waals surface area contributed by atoms with Gasteiger partial charge in [0.05, 0.1) is 12.8 Å². The van der Waals surface area contributed by atoms with Crippen LogP contribution in [0.1, 0.15) is 11.1 Å². The normalized spacial score (nSPS) is 12.9. The highest BCUT2D eigenvalue weighted by atomic mass is 79.9. The number of ether oxygens (including phenoxy) is 1. The lowest BCUT2D eigenvalue weighted by Crippen LogP contribution is -2.05. The molecule has 3 rings (SSSR count). The summed E-state index contributed by atoms with van der Waals surface area (Å²) in [5.41, 5.74) is 2.04. The van der Waals surface area contributed by atoms with Crippen LogP contribution in [-0.2, 0) is 13.0 Å². The maximum absolute atomic E-state index is 13.5. The van der Waals surface area contributed by atoms with E-state index < -0.39 is 11.6 Å². The number of halogens is 3. The topological polar surface area (TPSA) is 34.2 Å². The van der Waals surface area contributed by atoms with Gasteiger partial charge in [-0.25, -0.2) is 13.8 Å². The van der Waals surface area contributed by atoms with Gasteiger partial charge in [0.2, 0.25) is 0 Å². The third-order valence-corrected chi connectivity index (χ3v) is 3.54. The Kier molecular flexibility index (Phi) is 3.56. The molecule has 2 heterocycles. The van der Waals surface area contributed by atoms with Crippen LogP contribution in [0.15, 0.2) is 28.9 Å². The van der Waals surface area contributed by atoms with Crippen molar-refractivity contribution in [3.63, 3.8) is 0 Å². The summed E-state index contributed by atoms with van der Waals surface area (Å²) in [6.45, 7) is 1.01. The molecule has 6 heteroatoms. The molecule has 1 aliphatic heterocycles. The van der Waals surface area contributed by atoms with Crippen molar-refractivity contribution in [2.75, 3.05) is 11.9 Å². The fraction of sp³-hybridized carbons (Fsp3) is 0.214. The summed E-state index contributed by atoms with van der Waals surface area (Å²) in [7, 11) is 0. The van der Waals surface area contributed by atoms with Gasteiger partial charge in [0.15, 0.2) is 11.6 Å². The first-order valence-corrected chi connectivity index (χ1v) is 6.92. The SMILES string of the molecule is Fc1cnc(NCc2cc(Br)cc3c2OCC3)c(F)c1. The second-order valence-electron chi connectivity index (χ2n) is 4.49. The van der Waals surface area contributed by atoms with E-state index in [0.717, 1.165) is 40.0 Å². The molecule has 1 aromatic heterocycles. The zero-order valence-corrected chi connectivity index (χ0v) is 12.0. The van der Waals surface area contributed by atoms with Crippen molar-refractivity contribution < 1.29 is 13.5 Å². The minimum atomic E-state index is -0.711. The van der Waals surface area contributed by atoms with E-state index in [0.29, 0.717) is 13.2 Å². The van der Waals surface area contributed by atoms with Crippen LogP contribution in [0.5, 0.6) is 5.75 Å². The maximum atomic E-state index is 13.5. The molecule has 0 saturated heterocycles. The highest BCUT2D eigenvalue weighted by Gasteiger charge is 2.17. The first-order valence-electron chi connectivity index (χ1n) is 6.12. The van der Waals surface area contributed by atoms with Crippen LogP contribution >= 0.6 is 15.9 Å². The molecule has 1 N–H and O–H groups in total. The van der Waals surface area contributed by atoms with Gasteiger partial charge in [0.25, 0.3) is 0 Å². The van der Waals surface area contributed by atoms with Gasteiger partial charge in [0.1, 0.15) is 11.6 Å². The van der Waals surface area contributed by atoms with Gasteiger partial charge in [-0.15, -0.1) is 0 Å². The van der Waals surface area contributed by atoms with Crippen LogP contribution in [-0.4, -0.2) is 11.6 Å². The van der Waals surface area contributed by atoms with Crippen molar-refractivity contribution in [1.29, 1.82) is 0 Å². The summed E-state index contributed by atoms with van der Waals surface area (Å²) in [6, 6.07) is 4.73. The number of aromatic nitrogens is 1. The lowest BCUT2D eigenvalue weighted by Gasteiger charge is -2.11. The van der Waals surface area contributed by atoms with Crippen molar-refractivity contribution >= 4 is 21.7 Å². The molecule has 0 radical (unpaired) electrons. The standard InChI is InChI=1S/C14H11BrF2N2O/c15-10-3-8-1-2-20-13(8)9(4-10)6-18-14-12(17)5-11(16)7-19-14/h3-5,7H,1-2,6H2,(H,18,19). The Labute approximate surface area is 123 Å². The van der Waals surface area contributed by atoms with Gasteiger partial charge in [-0.2, -0.15) is 0 Å². The van der Waals surface area contributed by atoms with Crippen LogP contribution in [0.3, 0.4) is 0 Å². The molecular weight excluding hydrogens is 330 g/mol. The number of benzene rings is 1. The Morgan fingerprint density at radius 2 is 2.15 bits per heavy atom. The molecule has 104 valence electrons. The average Bonchev–Trinajstić information content (AvgIpc) is 2.85. The third kappa shape index (κ3) is 2.60. The Morgan fingerprint density at radius 3 is 2.95 bits per heavy atom. The number of pyridine rings is 1. The summed E-state index contributed by atoms with van der Waals surface area (Å²) in [6.07, 6.45) is 1.85. The Morgan fingerprint density at radius 1 is 1.30 bits per heavy atom. The summed E-state index contributed by atoms with van der Waals surface area (Å²) in [5, 5.41) is 2.86. The Hall–Kier alpha value is -1.69. The minimum absolute atomic E-state index is 0.0260. The summed E-state index contributed by atoms with van der Waals surface area (Å²) in [5.74, 6) is -0.543. The van der Waals surface area contributed by atoms with Crippen LogP contribution in [0.4, 0.5) is 14.6 Å². The summed E-state index contributed by atoms with van der Waals surface area (Å²) in [4.78, 5) is 3.70. The molecule has 0 saturated carbocycles. The second-order valence-corrected chi connectivity index (χ2v) is 5.40. The molecule has 0 unspecified atom stereocenters. The summed E-state index contributed by atoms with van der Waals surface area (Å²) >= 11 is 3.44. The summed E-state index contributed by atoms with van der Waals surface area (Å²) < 4.78 is 32.8. The molecule has 2 aromatic rings. The van der Waals surface area contributed by atoms with E-state index in [1.54, 1.807) is 0 Å². The monoisotopic (exact) mass is 340 g/mol. The number of nitrogens with one attached hydrogen (secondary N) is 1. The number of nitrogens with zero attached hydrogens (tertiary/aromatic N) is 1. The van der Waals surface area contributed by atoms with E-state index in [2.05, 4.69) is 26.2 Å². The van der Waals surface area contributed by atoms with Crippen molar-refractivity contribution in [2.24, 2.45) is 0 Å². The smallest absolute Gasteiger partial charge is 0.168 e. The van der Waals surface area contributed by atoms with Gasteiger partial charge in [-0.3, -0.25) is 0 Å². The predicted octanol–water partition coefficient (Wildman–Crippen LogP) is 3.67. The second kappa shape index (κ2) is 5.36. The fourth-order valence-electron chi connectivity index (χ4n) is 2.20. The number of anilines is 1. The number of rotatable bonds is 3. The molecule has 0 aliphatic carbocycles. The van der Waals surface area contributed by atoms with Crippen LogP contribution in [0.2, 0.25) is 0 Å². The van der Waals surface area contributed by atoms with Crippen LogP contribution < -0.4 is 10.1 Å². The molecule has 1 aromatic carbocycles. The molecule has 3 nitrogen and oxygen atoms in total. The quantitative estimate of drug-likeness (QED) is 0.925. The molecule has 0 bridgehead atoms. The zero-order valence-electron chi connectivity index (χ0n) is 10.4. The van der Waals surface area contributed by atoms with E-state index in [-0.39, 0.29) is 5.82 Å². The van der Waals surface area contributed by atoms with Gasteiger partial charge in [-0.1, -0.05) is 15.9 Å². The van der Waals surface area contributed by atoms with Crippen molar-refractivity contribution in [2.45, 2.75) is 13.0 Å². The van der Waals surface area contributed by atoms with Gasteiger partial charge in [0, 0.05) is 29.1 Å². The van der Waals surface area contributed by atoms with Crippen molar-refractivity contribution in [3.8, 4) is 5.75 Å². The van der Waals surface area contributed by atoms with Gasteiger partial charge in [-0.05, 0) is 17.7 Å². The van der Waals surface area contributed by atoms with E-state index >= 15 is 0 Å². The molecule has 0 atom stereocenters. The first kappa shape index (κ1) is 13.3. The molecule has 1 aliphatic rings. The lowest BCUT2D eigenvalue weighted by molar-refractivity contribution is 0.354. The molecule has 20 heavy (non-hydrogen) atoms. The van der Waals surface area contributed by atoms with Gasteiger partial charge < -0.3 is 10.1 Å². The van der Waals surface area contributed by atoms with E-state index in [4.69, 9.17) is 4.74 Å². The minimum Gasteiger partial charge on any atom is -0.493 e. The van der Waals surface area contributed by atoms with E-state index in [9.17, 15) is 8.78 Å². The number of fused-ring (bicyclic) bond motifs is 1. The average molecular weight is 341 g/mol. The lowest BCUT2D eigenvalue weighted by atomic mass is 10.1. The third-order valence-electron chi connectivity index (χ3n) is 3.08. The highest BCUT2D eigenvalue weighted by molar-refractivity contribution is 9.10. The van der Waals surface area contributed by atoms with Crippen molar-refractivity contribution in [3.05, 3.63) is 51.6 Å². The van der Waals surface area contributed by atoms with Gasteiger partial charge >= 0.3 is 0 Å². The fourth-order valence-corrected chi connectivity index (χ4v) is 2.75. The van der Waals surface area contributed by atoms with Crippen molar-refractivity contribution in [1.82, 2.24) is 4.98 Å². The Balaban J connectivity index is 1.82. The van der Waals surface area contributed by atoms with E-state index in [1.165, 1.54) is 0 Å². The molecule has 0 amide bonds. The number of hydrogen-bond acceptors (Lipinski definition) is 3. The number of hydrogen-bond donors (Lipinski definition) is 1. The predicted molar refractivity (Wildman–Crippen MR) is 74.8 cm³/mol. The Bertz CT molecular complexity index is 664. The molecule has 0 spiro atoms. The zero-order chi connectivity index (χ0) is 14.1. The molecule has 0 fully saturated rings. The highest BCUT2D eigenvalue weighted by Crippen LogP contribution is 2.33. The first-order chi connectivity index (χ1) is 9.63. The van der Waals surface area contributed by atoms with E-state index in [1.807, 2.05) is 12.1 Å². The van der Waals surface area contributed by atoms with Crippen LogP contribution in [0, 0.1) is 11.6 Å². The maximum Gasteiger partial charge on any atom is 0.168 e.